The number of halogens is 2. The molecule has 2 atom stereocenters. The first-order valence-corrected chi connectivity index (χ1v) is 11.8. The Balaban J connectivity index is 1.58. The molecule has 2 N–H and O–H groups in total. The number of hydrogen-bond donors (Lipinski definition) is 2. The highest BCUT2D eigenvalue weighted by molar-refractivity contribution is 7.87. The summed E-state index contributed by atoms with van der Waals surface area (Å²) in [6.45, 7) is 0. The summed E-state index contributed by atoms with van der Waals surface area (Å²) in [5.41, 5.74) is 1.08. The first-order chi connectivity index (χ1) is 14.7. The number of nitrogens with one attached hydrogen (secondary N) is 2. The van der Waals surface area contributed by atoms with Gasteiger partial charge in [0.05, 0.1) is 11.1 Å². The minimum atomic E-state index is -3.90. The van der Waals surface area contributed by atoms with Gasteiger partial charge in [-0.15, -0.1) is 11.3 Å². The van der Waals surface area contributed by atoms with Crippen LogP contribution in [0.3, 0.4) is 0 Å². The van der Waals surface area contributed by atoms with Gasteiger partial charge in [-0.25, -0.2) is 14.1 Å². The van der Waals surface area contributed by atoms with Gasteiger partial charge in [0.2, 0.25) is 5.91 Å². The highest BCUT2D eigenvalue weighted by atomic mass is 35.5. The van der Waals surface area contributed by atoms with Crippen molar-refractivity contribution in [1.29, 1.82) is 0 Å². The van der Waals surface area contributed by atoms with Gasteiger partial charge in [-0.2, -0.15) is 22.5 Å². The number of likely N-dealkylation sites (N-methyl/N-ethyl adjacent to an activating group) is 1. The first-order valence-electron chi connectivity index (χ1n) is 9.09. The fourth-order valence-electron chi connectivity index (χ4n) is 3.31. The molecule has 1 amide bonds. The zero-order chi connectivity index (χ0) is 22.3. The molecule has 0 unspecified atom stereocenters. The third-order valence-corrected chi connectivity index (χ3v) is 7.92. The molecule has 2 aromatic heterocycles. The molecule has 1 aromatic carbocycles. The molecule has 164 valence electrons. The number of hydrogen-bond acceptors (Lipinski definition) is 6. The van der Waals surface area contributed by atoms with E-state index in [0.29, 0.717) is 5.82 Å². The van der Waals surface area contributed by atoms with Gasteiger partial charge in [0.25, 0.3) is 10.2 Å². The second-order valence-corrected chi connectivity index (χ2v) is 10.1. The third-order valence-electron chi connectivity index (χ3n) is 4.99. The number of nitrogens with zero attached hydrogens (tertiary/aromatic N) is 4. The molecule has 0 aliphatic carbocycles. The average molecular weight is 485 g/mol. The van der Waals surface area contributed by atoms with Crippen LogP contribution in [-0.2, 0) is 22.1 Å². The fourth-order valence-corrected chi connectivity index (χ4v) is 5.78. The topological polar surface area (TPSA) is 109 Å². The van der Waals surface area contributed by atoms with Crippen LogP contribution in [0.5, 0.6) is 0 Å². The fraction of sp³-hybridized carbons (Fsp3) is 0.278. The summed E-state index contributed by atoms with van der Waals surface area (Å²) in [5, 5.41) is 8.37. The van der Waals surface area contributed by atoms with Gasteiger partial charge in [-0.05, 0) is 30.7 Å². The van der Waals surface area contributed by atoms with Crippen LogP contribution in [0, 0.1) is 5.82 Å². The normalized spacial score (nSPS) is 21.2. The molecule has 31 heavy (non-hydrogen) atoms. The van der Waals surface area contributed by atoms with Crippen LogP contribution in [0.1, 0.15) is 17.3 Å². The molecule has 0 spiro atoms. The molecule has 3 aromatic rings. The van der Waals surface area contributed by atoms with Crippen LogP contribution in [0.25, 0.3) is 11.4 Å². The van der Waals surface area contributed by atoms with Gasteiger partial charge in [0.15, 0.2) is 5.82 Å². The Kier molecular flexibility index (Phi) is 5.83. The number of anilines is 1. The molecule has 1 aliphatic heterocycles. The minimum absolute atomic E-state index is 0.142. The van der Waals surface area contributed by atoms with Crippen LogP contribution >= 0.6 is 22.9 Å². The van der Waals surface area contributed by atoms with E-state index >= 15 is 0 Å². The highest BCUT2D eigenvalue weighted by Gasteiger charge is 2.41. The van der Waals surface area contributed by atoms with Crippen molar-refractivity contribution in [3.05, 3.63) is 51.7 Å². The van der Waals surface area contributed by atoms with E-state index in [1.807, 2.05) is 11.4 Å². The summed E-state index contributed by atoms with van der Waals surface area (Å²) in [7, 11) is -0.806. The lowest BCUT2D eigenvalue weighted by atomic mass is 10.0. The van der Waals surface area contributed by atoms with E-state index in [0.717, 1.165) is 20.8 Å². The maximum Gasteiger partial charge on any atom is 0.280 e. The third kappa shape index (κ3) is 4.34. The molecular weight excluding hydrogens is 467 g/mol. The van der Waals surface area contributed by atoms with Crippen LogP contribution in [0.4, 0.5) is 10.1 Å². The van der Waals surface area contributed by atoms with Crippen molar-refractivity contribution in [1.82, 2.24) is 23.8 Å². The molecule has 9 nitrogen and oxygen atoms in total. The van der Waals surface area contributed by atoms with Crippen LogP contribution in [-0.4, -0.2) is 46.5 Å². The summed E-state index contributed by atoms with van der Waals surface area (Å²) in [4.78, 5) is 17.8. The number of aromatic nitrogens is 3. The van der Waals surface area contributed by atoms with E-state index in [1.165, 1.54) is 36.8 Å². The second kappa shape index (κ2) is 8.28. The molecule has 3 heterocycles. The summed E-state index contributed by atoms with van der Waals surface area (Å²) < 4.78 is 43.9. The van der Waals surface area contributed by atoms with Crippen molar-refractivity contribution in [3.8, 4) is 11.4 Å². The summed E-state index contributed by atoms with van der Waals surface area (Å²) >= 11 is 7.13. The summed E-state index contributed by atoms with van der Waals surface area (Å²) in [5.74, 6) is -0.496. The van der Waals surface area contributed by atoms with Crippen molar-refractivity contribution >= 4 is 44.7 Å². The van der Waals surface area contributed by atoms with E-state index in [-0.39, 0.29) is 17.1 Å². The molecule has 1 aliphatic rings. The van der Waals surface area contributed by atoms with Gasteiger partial charge in [-0.3, -0.25) is 4.79 Å². The van der Waals surface area contributed by atoms with Gasteiger partial charge < -0.3 is 5.32 Å². The predicted molar refractivity (Wildman–Crippen MR) is 115 cm³/mol. The van der Waals surface area contributed by atoms with Crippen LogP contribution in [0.2, 0.25) is 5.02 Å². The number of thiophene rings is 1. The Morgan fingerprint density at radius 2 is 2.13 bits per heavy atom. The number of rotatable bonds is 4. The smallest absolute Gasteiger partial charge is 0.280 e. The highest BCUT2D eigenvalue weighted by Crippen LogP contribution is 2.34. The number of aryl methyl sites for hydroxylation is 1. The Hall–Kier alpha value is -2.38. The zero-order valence-corrected chi connectivity index (χ0v) is 18.8. The van der Waals surface area contributed by atoms with Gasteiger partial charge >= 0.3 is 0 Å². The number of carbonyl (C=O) groups is 1. The molecule has 1 saturated heterocycles. The van der Waals surface area contributed by atoms with Crippen molar-refractivity contribution in [2.45, 2.75) is 18.5 Å². The predicted octanol–water partition coefficient (Wildman–Crippen LogP) is 2.55. The Labute approximate surface area is 187 Å². The van der Waals surface area contributed by atoms with Gasteiger partial charge in [-0.1, -0.05) is 11.6 Å². The molecule has 0 radical (unpaired) electrons. The Bertz CT molecular complexity index is 1240. The summed E-state index contributed by atoms with van der Waals surface area (Å²) in [6.07, 6.45) is 1.64. The summed E-state index contributed by atoms with van der Waals surface area (Å²) in [6, 6.07) is 4.03. The minimum Gasteiger partial charge on any atom is -0.325 e. The van der Waals surface area contributed by atoms with Crippen LogP contribution in [0.15, 0.2) is 36.0 Å². The number of benzene rings is 1. The van der Waals surface area contributed by atoms with Crippen molar-refractivity contribution in [2.24, 2.45) is 7.05 Å². The average Bonchev–Trinajstić information content (AvgIpc) is 3.35. The second-order valence-electron chi connectivity index (χ2n) is 7.01. The molecule has 13 heteroatoms. The molecule has 0 bridgehead atoms. The van der Waals surface area contributed by atoms with E-state index in [1.54, 1.807) is 11.7 Å². The largest absolute Gasteiger partial charge is 0.325 e. The SMILES string of the molecule is CN1[C@@H](C(=O)Nc2ccc(F)c(Cl)c2)C[C@@H](c2cc(-c3ncnn3C)cs2)NS1(=O)=O. The molecule has 0 saturated carbocycles. The van der Waals surface area contributed by atoms with Crippen LogP contribution < -0.4 is 10.0 Å². The van der Waals surface area contributed by atoms with E-state index in [9.17, 15) is 17.6 Å². The molecule has 4 rings (SSSR count). The lowest BCUT2D eigenvalue weighted by Crippen LogP contribution is -2.55. The van der Waals surface area contributed by atoms with E-state index in [4.69, 9.17) is 11.6 Å². The Morgan fingerprint density at radius 3 is 2.81 bits per heavy atom. The van der Waals surface area contributed by atoms with Crippen molar-refractivity contribution in [3.63, 3.8) is 0 Å². The monoisotopic (exact) mass is 484 g/mol. The number of amides is 1. The zero-order valence-electron chi connectivity index (χ0n) is 16.4. The number of carbonyl (C=O) groups excluding carboxylic acids is 1. The lowest BCUT2D eigenvalue weighted by molar-refractivity contribution is -0.120. The van der Waals surface area contributed by atoms with Gasteiger partial charge in [0.1, 0.15) is 18.2 Å². The maximum atomic E-state index is 13.4. The standard InChI is InChI=1S/C18H18ClFN6O3S2/c1-25-17(21-9-22-25)10-5-16(30-8-10)14-7-15(26(2)31(28,29)24-14)18(27)23-11-3-4-13(20)12(19)6-11/h3-6,8-9,14-15,24H,7H2,1-2H3,(H,23,27)/t14-,15+/m0/s1. The van der Waals surface area contributed by atoms with E-state index < -0.39 is 34.0 Å². The molecule has 1 fully saturated rings. The molecular formula is C18H18ClFN6O3S2. The van der Waals surface area contributed by atoms with Crippen molar-refractivity contribution < 1.29 is 17.6 Å². The Morgan fingerprint density at radius 1 is 1.35 bits per heavy atom. The van der Waals surface area contributed by atoms with Gasteiger partial charge in [0, 0.05) is 35.6 Å². The van der Waals surface area contributed by atoms with Crippen molar-refractivity contribution in [2.75, 3.05) is 12.4 Å². The first kappa shape index (κ1) is 21.8. The maximum absolute atomic E-state index is 13.4. The lowest BCUT2D eigenvalue weighted by Gasteiger charge is -2.35. The quantitative estimate of drug-likeness (QED) is 0.591. The van der Waals surface area contributed by atoms with E-state index in [2.05, 4.69) is 20.1 Å².